The number of hydrogen-bond donors (Lipinski definition) is 1. The second-order valence-corrected chi connectivity index (χ2v) is 14.9. The lowest BCUT2D eigenvalue weighted by molar-refractivity contribution is 0.736. The Morgan fingerprint density at radius 1 is 0.414 bits per heavy atom. The molecule has 0 saturated heterocycles. The number of hydrogen-bond acceptors (Lipinski definition) is 4. The Bertz CT molecular complexity index is 3030. The number of rotatable bonds is 6. The molecule has 0 bridgehead atoms. The van der Waals surface area contributed by atoms with E-state index < -0.39 is 5.41 Å². The van der Waals surface area contributed by atoms with Gasteiger partial charge in [0.25, 0.3) is 0 Å². The summed E-state index contributed by atoms with van der Waals surface area (Å²) in [5.74, 6) is 1.93. The number of nitrogens with zero attached hydrogens (tertiary/aromatic N) is 4. The maximum atomic E-state index is 5.04. The molecule has 11 rings (SSSR count). The van der Waals surface area contributed by atoms with Crippen LogP contribution in [0.5, 0.6) is 0 Å². The zero-order chi connectivity index (χ0) is 38.6. The van der Waals surface area contributed by atoms with Gasteiger partial charge in [0.1, 0.15) is 0 Å². The van der Waals surface area contributed by atoms with Crippen LogP contribution in [0.2, 0.25) is 0 Å². The molecule has 0 saturated carbocycles. The van der Waals surface area contributed by atoms with Gasteiger partial charge in [-0.15, -0.1) is 0 Å². The molecule has 58 heavy (non-hydrogen) atoms. The van der Waals surface area contributed by atoms with E-state index in [-0.39, 0.29) is 0 Å². The highest BCUT2D eigenvalue weighted by Gasteiger charge is 2.47. The molecule has 3 heterocycles. The molecule has 0 atom stereocenters. The summed E-state index contributed by atoms with van der Waals surface area (Å²) in [6, 6.07) is 71.1. The minimum absolute atomic E-state index is 0.633. The molecule has 0 aliphatic carbocycles. The smallest absolute Gasteiger partial charge is 0.164 e. The third kappa shape index (κ3) is 5.21. The van der Waals surface area contributed by atoms with E-state index in [0.29, 0.717) is 17.5 Å². The normalized spacial score (nSPS) is 13.0. The van der Waals surface area contributed by atoms with Gasteiger partial charge in [-0.3, -0.25) is 0 Å². The zero-order valence-corrected chi connectivity index (χ0v) is 31.8. The van der Waals surface area contributed by atoms with E-state index >= 15 is 0 Å². The molecule has 8 aromatic carbocycles. The standard InChI is InChI=1S/C53H37N5/c1-35-34-38(52-56-50(36-18-5-2-6-19-36)55-51(57-52)37-20-7-3-8-21-37)32-33-46(35)58-47-30-15-12-26-42(47)53(39-22-9-4-10-23-39,43-27-13-16-31-48(43)58)44-28-17-25-41-40-24-11-14-29-45(40)54-49(41)44/h2-34,54H,1H3. The average molecular weight is 744 g/mol. The Morgan fingerprint density at radius 3 is 1.53 bits per heavy atom. The van der Waals surface area contributed by atoms with Crippen molar-refractivity contribution < 1.29 is 0 Å². The largest absolute Gasteiger partial charge is 0.354 e. The van der Waals surface area contributed by atoms with E-state index in [0.717, 1.165) is 50.3 Å². The van der Waals surface area contributed by atoms with Gasteiger partial charge < -0.3 is 9.88 Å². The highest BCUT2D eigenvalue weighted by atomic mass is 15.2. The first-order chi connectivity index (χ1) is 28.7. The number of aryl methyl sites for hydroxylation is 1. The van der Waals surface area contributed by atoms with E-state index in [1.165, 1.54) is 33.0 Å². The molecule has 2 aromatic heterocycles. The third-order valence-electron chi connectivity index (χ3n) is 11.6. The van der Waals surface area contributed by atoms with Crippen molar-refractivity contribution >= 4 is 38.9 Å². The summed E-state index contributed by atoms with van der Waals surface area (Å²) >= 11 is 0. The highest BCUT2D eigenvalue weighted by molar-refractivity contribution is 6.09. The number of benzene rings is 8. The van der Waals surface area contributed by atoms with Gasteiger partial charge in [0.15, 0.2) is 17.5 Å². The molecule has 274 valence electrons. The van der Waals surface area contributed by atoms with Crippen LogP contribution in [0.3, 0.4) is 0 Å². The number of para-hydroxylation sites is 4. The third-order valence-corrected chi connectivity index (χ3v) is 11.6. The number of anilines is 3. The molecule has 0 unspecified atom stereocenters. The van der Waals surface area contributed by atoms with Crippen molar-refractivity contribution in [1.29, 1.82) is 0 Å². The number of aromatic nitrogens is 4. The maximum Gasteiger partial charge on any atom is 0.164 e. The van der Waals surface area contributed by atoms with Crippen LogP contribution in [0, 0.1) is 6.92 Å². The molecule has 5 nitrogen and oxygen atoms in total. The maximum absolute atomic E-state index is 5.04. The average Bonchev–Trinajstić information content (AvgIpc) is 3.68. The summed E-state index contributed by atoms with van der Waals surface area (Å²) in [7, 11) is 0. The number of H-pyrrole nitrogens is 1. The summed E-state index contributed by atoms with van der Waals surface area (Å²) in [5.41, 5.74) is 13.8. The predicted octanol–water partition coefficient (Wildman–Crippen LogP) is 13.0. The lowest BCUT2D eigenvalue weighted by atomic mass is 9.62. The Hall–Kier alpha value is -7.63. The molecule has 1 N–H and O–H groups in total. The Balaban J connectivity index is 1.12. The van der Waals surface area contributed by atoms with E-state index in [1.54, 1.807) is 0 Å². The monoisotopic (exact) mass is 743 g/mol. The van der Waals surface area contributed by atoms with Gasteiger partial charge in [-0.25, -0.2) is 15.0 Å². The SMILES string of the molecule is Cc1cc(-c2nc(-c3ccccc3)nc(-c3ccccc3)n2)ccc1N1c2ccccc2C(c2ccccc2)(c2cccc3c2[nH]c2ccccc23)c2ccccc21. The van der Waals surface area contributed by atoms with Crippen molar-refractivity contribution in [3.05, 3.63) is 228 Å². The molecule has 10 aromatic rings. The molecular weight excluding hydrogens is 707 g/mol. The number of fused-ring (bicyclic) bond motifs is 5. The lowest BCUT2D eigenvalue weighted by Crippen LogP contribution is -2.38. The second-order valence-electron chi connectivity index (χ2n) is 14.9. The second kappa shape index (κ2) is 13.5. The highest BCUT2D eigenvalue weighted by Crippen LogP contribution is 2.59. The van der Waals surface area contributed by atoms with Crippen molar-refractivity contribution in [3.63, 3.8) is 0 Å². The fourth-order valence-corrected chi connectivity index (χ4v) is 9.12. The molecule has 1 aliphatic heterocycles. The molecule has 0 radical (unpaired) electrons. The fraction of sp³-hybridized carbons (Fsp3) is 0.0377. The summed E-state index contributed by atoms with van der Waals surface area (Å²) in [6.07, 6.45) is 0. The molecule has 0 amide bonds. The van der Waals surface area contributed by atoms with Crippen LogP contribution in [-0.2, 0) is 5.41 Å². The molecule has 1 aliphatic rings. The van der Waals surface area contributed by atoms with Gasteiger partial charge in [-0.2, -0.15) is 0 Å². The van der Waals surface area contributed by atoms with Gasteiger partial charge in [0.05, 0.1) is 22.3 Å². The van der Waals surface area contributed by atoms with Gasteiger partial charge in [0, 0.05) is 38.7 Å². The minimum atomic E-state index is -0.633. The van der Waals surface area contributed by atoms with Crippen molar-refractivity contribution in [2.45, 2.75) is 12.3 Å². The topological polar surface area (TPSA) is 57.7 Å². The predicted molar refractivity (Wildman–Crippen MR) is 237 cm³/mol. The van der Waals surface area contributed by atoms with Crippen LogP contribution in [-0.4, -0.2) is 19.9 Å². The van der Waals surface area contributed by atoms with E-state index in [2.05, 4.69) is 156 Å². The van der Waals surface area contributed by atoms with E-state index in [1.807, 2.05) is 60.7 Å². The van der Waals surface area contributed by atoms with Crippen LogP contribution in [0.4, 0.5) is 17.1 Å². The summed E-state index contributed by atoms with van der Waals surface area (Å²) in [4.78, 5) is 21.3. The fourth-order valence-electron chi connectivity index (χ4n) is 9.12. The van der Waals surface area contributed by atoms with E-state index in [9.17, 15) is 0 Å². The van der Waals surface area contributed by atoms with Crippen LogP contribution in [0.15, 0.2) is 200 Å². The van der Waals surface area contributed by atoms with E-state index in [4.69, 9.17) is 15.0 Å². The minimum Gasteiger partial charge on any atom is -0.354 e. The van der Waals surface area contributed by atoms with Gasteiger partial charge >= 0.3 is 0 Å². The zero-order valence-electron chi connectivity index (χ0n) is 31.8. The van der Waals surface area contributed by atoms with Crippen LogP contribution in [0.25, 0.3) is 56.0 Å². The molecule has 5 heteroatoms. The van der Waals surface area contributed by atoms with Crippen molar-refractivity contribution in [2.75, 3.05) is 4.90 Å². The van der Waals surface area contributed by atoms with Crippen molar-refractivity contribution in [2.24, 2.45) is 0 Å². The Morgan fingerprint density at radius 2 is 0.914 bits per heavy atom. The summed E-state index contributed by atoms with van der Waals surface area (Å²) in [6.45, 7) is 2.19. The first-order valence-corrected chi connectivity index (χ1v) is 19.7. The van der Waals surface area contributed by atoms with Crippen molar-refractivity contribution in [1.82, 2.24) is 19.9 Å². The lowest BCUT2D eigenvalue weighted by Gasteiger charge is -2.46. The summed E-state index contributed by atoms with van der Waals surface area (Å²) < 4.78 is 0. The van der Waals surface area contributed by atoms with Gasteiger partial charge in [-0.1, -0.05) is 164 Å². The quantitative estimate of drug-likeness (QED) is 0.184. The van der Waals surface area contributed by atoms with Gasteiger partial charge in [-0.05, 0) is 71.1 Å². The molecule has 0 fully saturated rings. The van der Waals surface area contributed by atoms with Crippen LogP contribution in [0.1, 0.15) is 27.8 Å². The Labute approximate surface area is 337 Å². The van der Waals surface area contributed by atoms with Crippen molar-refractivity contribution in [3.8, 4) is 34.2 Å². The number of nitrogens with one attached hydrogen (secondary N) is 1. The Kier molecular flexibility index (Phi) is 7.86. The first-order valence-electron chi connectivity index (χ1n) is 19.7. The van der Waals surface area contributed by atoms with Crippen LogP contribution >= 0.6 is 0 Å². The summed E-state index contributed by atoms with van der Waals surface area (Å²) in [5, 5.41) is 2.44. The first kappa shape index (κ1) is 33.7. The van der Waals surface area contributed by atoms with Crippen LogP contribution < -0.4 is 4.90 Å². The molecular formula is C53H37N5. The number of aromatic amines is 1. The van der Waals surface area contributed by atoms with Gasteiger partial charge in [0.2, 0.25) is 0 Å². The molecule has 0 spiro atoms.